The molecule has 0 spiro atoms. The molecule has 0 aliphatic carbocycles. The maximum absolute atomic E-state index is 6.64. The smallest absolute Gasteiger partial charge is 0.0861 e. The van der Waals surface area contributed by atoms with E-state index in [1.165, 1.54) is 0 Å². The van der Waals surface area contributed by atoms with Crippen molar-refractivity contribution in [1.82, 2.24) is 0 Å². The zero-order valence-electron chi connectivity index (χ0n) is 8.59. The number of aliphatic imine (C=N–C) groups is 1. The van der Waals surface area contributed by atoms with Crippen LogP contribution < -0.4 is 0 Å². The molecule has 0 saturated carbocycles. The van der Waals surface area contributed by atoms with E-state index in [0.717, 1.165) is 18.9 Å². The van der Waals surface area contributed by atoms with Crippen LogP contribution in [-0.4, -0.2) is 12.6 Å². The number of nitrogens with one attached hydrogen (secondary N) is 1. The molecule has 0 aromatic rings. The number of rotatable bonds is 5. The van der Waals surface area contributed by atoms with Gasteiger partial charge in [-0.25, -0.2) is 10.4 Å². The third kappa shape index (κ3) is 4.30. The van der Waals surface area contributed by atoms with Crippen molar-refractivity contribution in [1.29, 1.82) is 5.41 Å². The maximum atomic E-state index is 6.64. The van der Waals surface area contributed by atoms with Gasteiger partial charge in [-0.05, 0) is 24.2 Å². The first-order valence-electron chi connectivity index (χ1n) is 4.67. The summed E-state index contributed by atoms with van der Waals surface area (Å²) in [6.45, 7) is 9.75. The monoisotopic (exact) mass is 168 g/mol. The molecule has 1 N–H and O–H groups in total. The van der Waals surface area contributed by atoms with E-state index in [1.807, 2.05) is 0 Å². The summed E-state index contributed by atoms with van der Waals surface area (Å²) in [5, 5.41) is 6.64. The van der Waals surface area contributed by atoms with Gasteiger partial charge in [-0.15, -0.1) is 0 Å². The highest BCUT2D eigenvalue weighted by molar-refractivity contribution is 5.35. The fourth-order valence-corrected chi connectivity index (χ4v) is 1.71. The highest BCUT2D eigenvalue weighted by Crippen LogP contribution is 2.23. The Morgan fingerprint density at radius 3 is 2.00 bits per heavy atom. The Morgan fingerprint density at radius 1 is 1.17 bits per heavy atom. The van der Waals surface area contributed by atoms with Crippen molar-refractivity contribution in [3.05, 3.63) is 0 Å². The van der Waals surface area contributed by atoms with Crippen LogP contribution in [0.4, 0.5) is 0 Å². The van der Waals surface area contributed by atoms with Crippen LogP contribution in [0, 0.1) is 23.2 Å². The van der Waals surface area contributed by atoms with Crippen LogP contribution in [0.3, 0.4) is 0 Å². The molecule has 12 heavy (non-hydrogen) atoms. The van der Waals surface area contributed by atoms with Crippen molar-refractivity contribution >= 4 is 6.01 Å². The van der Waals surface area contributed by atoms with Gasteiger partial charge in [0.25, 0.3) is 0 Å². The Hall–Kier alpha value is -0.620. The predicted octanol–water partition coefficient (Wildman–Crippen LogP) is 3.06. The van der Waals surface area contributed by atoms with Gasteiger partial charge in [-0.3, -0.25) is 0 Å². The molecular weight excluding hydrogens is 148 g/mol. The summed E-state index contributed by atoms with van der Waals surface area (Å²) in [6.07, 6.45) is 1.08. The van der Waals surface area contributed by atoms with E-state index in [1.54, 1.807) is 0 Å². The molecule has 0 aliphatic rings. The van der Waals surface area contributed by atoms with E-state index >= 15 is 0 Å². The average Bonchev–Trinajstić information content (AvgIpc) is 1.96. The zero-order valence-corrected chi connectivity index (χ0v) is 8.59. The normalized spacial score (nSPS) is 10.9. The predicted molar refractivity (Wildman–Crippen MR) is 52.8 cm³/mol. The molecule has 0 bridgehead atoms. The molecule has 0 aromatic heterocycles. The zero-order chi connectivity index (χ0) is 9.56. The Balaban J connectivity index is 3.87. The summed E-state index contributed by atoms with van der Waals surface area (Å²) >= 11 is 0. The van der Waals surface area contributed by atoms with Crippen molar-refractivity contribution in [3.63, 3.8) is 0 Å². The highest BCUT2D eigenvalue weighted by Gasteiger charge is 2.16. The molecule has 0 heterocycles. The summed E-state index contributed by atoms with van der Waals surface area (Å²) in [5.74, 6) is 2.15. The first kappa shape index (κ1) is 11.4. The van der Waals surface area contributed by atoms with Crippen LogP contribution in [0.5, 0.6) is 0 Å². The van der Waals surface area contributed by atoms with Crippen LogP contribution in [0.15, 0.2) is 4.99 Å². The molecule has 0 saturated heterocycles. The SMILES string of the molecule is CC(C)C(CCN=C=N)C(C)C. The molecule has 0 rings (SSSR count). The highest BCUT2D eigenvalue weighted by atomic mass is 14.7. The Bertz CT molecular complexity index is 147. The van der Waals surface area contributed by atoms with E-state index < -0.39 is 0 Å². The first-order chi connectivity index (χ1) is 5.59. The molecule has 0 fully saturated rings. The first-order valence-corrected chi connectivity index (χ1v) is 4.67. The van der Waals surface area contributed by atoms with Crippen molar-refractivity contribution in [3.8, 4) is 0 Å². The topological polar surface area (TPSA) is 36.2 Å². The molecule has 2 heteroatoms. The lowest BCUT2D eigenvalue weighted by atomic mass is 9.83. The largest absolute Gasteiger partial charge is 0.242 e. The third-order valence-corrected chi connectivity index (χ3v) is 2.37. The van der Waals surface area contributed by atoms with Crippen molar-refractivity contribution < 1.29 is 0 Å². The minimum Gasteiger partial charge on any atom is -0.242 e. The van der Waals surface area contributed by atoms with Gasteiger partial charge in [0.05, 0.1) is 12.6 Å². The van der Waals surface area contributed by atoms with Crippen LogP contribution >= 0.6 is 0 Å². The quantitative estimate of drug-likeness (QED) is 0.612. The molecular formula is C10H20N2. The lowest BCUT2D eigenvalue weighted by molar-refractivity contribution is 0.274. The molecule has 0 aromatic carbocycles. The van der Waals surface area contributed by atoms with E-state index in [4.69, 9.17) is 5.41 Å². The maximum Gasteiger partial charge on any atom is 0.0861 e. The molecule has 0 radical (unpaired) electrons. The van der Waals surface area contributed by atoms with Crippen molar-refractivity contribution in [2.24, 2.45) is 22.7 Å². The minimum absolute atomic E-state index is 0.714. The summed E-state index contributed by atoms with van der Waals surface area (Å²) in [6, 6.07) is 2.08. The van der Waals surface area contributed by atoms with E-state index in [-0.39, 0.29) is 0 Å². The van der Waals surface area contributed by atoms with E-state index in [9.17, 15) is 0 Å². The second-order valence-electron chi connectivity index (χ2n) is 3.93. The molecule has 0 atom stereocenters. The van der Waals surface area contributed by atoms with Crippen LogP contribution in [0.2, 0.25) is 0 Å². The summed E-state index contributed by atoms with van der Waals surface area (Å²) in [5.41, 5.74) is 0. The van der Waals surface area contributed by atoms with Crippen LogP contribution in [-0.2, 0) is 0 Å². The number of hydrogen-bond donors (Lipinski definition) is 1. The molecule has 0 amide bonds. The second-order valence-corrected chi connectivity index (χ2v) is 3.93. The van der Waals surface area contributed by atoms with Crippen LogP contribution in [0.1, 0.15) is 34.1 Å². The number of nitrogens with zero attached hydrogens (tertiary/aromatic N) is 1. The van der Waals surface area contributed by atoms with Crippen molar-refractivity contribution in [2.75, 3.05) is 6.54 Å². The van der Waals surface area contributed by atoms with E-state index in [2.05, 4.69) is 38.7 Å². The lowest BCUT2D eigenvalue weighted by Gasteiger charge is -2.23. The number of hydrogen-bond acceptors (Lipinski definition) is 2. The van der Waals surface area contributed by atoms with E-state index in [0.29, 0.717) is 11.8 Å². The van der Waals surface area contributed by atoms with Crippen molar-refractivity contribution in [2.45, 2.75) is 34.1 Å². The molecule has 70 valence electrons. The van der Waals surface area contributed by atoms with Gasteiger partial charge in [0, 0.05) is 0 Å². The molecule has 0 unspecified atom stereocenters. The van der Waals surface area contributed by atoms with Gasteiger partial charge >= 0.3 is 0 Å². The van der Waals surface area contributed by atoms with Crippen LogP contribution in [0.25, 0.3) is 0 Å². The Kier molecular flexibility index (Phi) is 5.65. The summed E-state index contributed by atoms with van der Waals surface area (Å²) in [7, 11) is 0. The van der Waals surface area contributed by atoms with Gasteiger partial charge in [0.1, 0.15) is 0 Å². The lowest BCUT2D eigenvalue weighted by Crippen LogP contribution is -2.16. The summed E-state index contributed by atoms with van der Waals surface area (Å²) < 4.78 is 0. The van der Waals surface area contributed by atoms with Gasteiger partial charge in [0.15, 0.2) is 0 Å². The minimum atomic E-state index is 0.714. The van der Waals surface area contributed by atoms with Gasteiger partial charge in [-0.2, -0.15) is 0 Å². The standard InChI is InChI=1S/C10H20N2/c1-8(2)10(9(3)4)5-6-12-7-11/h8-11H,5-6H2,1-4H3. The molecule has 2 nitrogen and oxygen atoms in total. The fraction of sp³-hybridized carbons (Fsp3) is 0.900. The average molecular weight is 168 g/mol. The molecule has 0 aliphatic heterocycles. The van der Waals surface area contributed by atoms with Gasteiger partial charge in [-0.1, -0.05) is 27.7 Å². The Labute approximate surface area is 75.6 Å². The van der Waals surface area contributed by atoms with Gasteiger partial charge < -0.3 is 0 Å². The summed E-state index contributed by atoms with van der Waals surface area (Å²) in [4.78, 5) is 3.79. The third-order valence-electron chi connectivity index (χ3n) is 2.37. The van der Waals surface area contributed by atoms with Gasteiger partial charge in [0.2, 0.25) is 0 Å². The fourth-order valence-electron chi connectivity index (χ4n) is 1.71. The second kappa shape index (κ2) is 5.96. The Morgan fingerprint density at radius 2 is 1.67 bits per heavy atom.